The number of carboxylic acids is 2. The van der Waals surface area contributed by atoms with Crippen LogP contribution in [0.4, 0.5) is 0 Å². The predicted molar refractivity (Wildman–Crippen MR) is 53.0 cm³/mol. The minimum Gasteiger partial charge on any atom is -0.481 e. The van der Waals surface area contributed by atoms with Crippen molar-refractivity contribution in [1.29, 1.82) is 0 Å². The fourth-order valence-corrected chi connectivity index (χ4v) is 1.94. The standard InChI is InChI=1S/C8H16O5Si/c1-13-14-4-2-3-6(8(11)12)5-7(9)10/h6H,2-5,14H2,1H3,(H,9,10)(H,11,12). The Morgan fingerprint density at radius 3 is 2.50 bits per heavy atom. The monoisotopic (exact) mass is 220 g/mol. The second-order valence-corrected chi connectivity index (χ2v) is 4.81. The molecule has 0 aliphatic heterocycles. The summed E-state index contributed by atoms with van der Waals surface area (Å²) in [5.41, 5.74) is 0. The van der Waals surface area contributed by atoms with Gasteiger partial charge in [-0.25, -0.2) is 0 Å². The molecule has 5 nitrogen and oxygen atoms in total. The zero-order valence-corrected chi connectivity index (χ0v) is 9.65. The van der Waals surface area contributed by atoms with Gasteiger partial charge in [-0.3, -0.25) is 9.59 Å². The first-order chi connectivity index (χ1) is 6.57. The lowest BCUT2D eigenvalue weighted by Gasteiger charge is -2.08. The number of rotatable bonds is 8. The normalized spacial score (nSPS) is 13.2. The van der Waals surface area contributed by atoms with Crippen molar-refractivity contribution in [3.63, 3.8) is 0 Å². The summed E-state index contributed by atoms with van der Waals surface area (Å²) < 4.78 is 4.94. The molecule has 0 amide bonds. The van der Waals surface area contributed by atoms with Crippen molar-refractivity contribution in [3.8, 4) is 0 Å². The van der Waals surface area contributed by atoms with Gasteiger partial charge in [-0.1, -0.05) is 6.42 Å². The average Bonchev–Trinajstić information content (AvgIpc) is 2.09. The van der Waals surface area contributed by atoms with Crippen LogP contribution in [0.3, 0.4) is 0 Å². The molecular formula is C8H16O5Si. The highest BCUT2D eigenvalue weighted by atomic mass is 28.2. The van der Waals surface area contributed by atoms with Crippen LogP contribution in [-0.4, -0.2) is 39.0 Å². The Morgan fingerprint density at radius 1 is 1.43 bits per heavy atom. The smallest absolute Gasteiger partial charge is 0.307 e. The van der Waals surface area contributed by atoms with Crippen LogP contribution >= 0.6 is 0 Å². The Labute approximate surface area is 85.0 Å². The van der Waals surface area contributed by atoms with Gasteiger partial charge >= 0.3 is 11.9 Å². The van der Waals surface area contributed by atoms with Crippen molar-refractivity contribution >= 4 is 21.7 Å². The van der Waals surface area contributed by atoms with Gasteiger partial charge in [0, 0.05) is 7.11 Å². The molecule has 82 valence electrons. The van der Waals surface area contributed by atoms with E-state index in [4.69, 9.17) is 14.6 Å². The molecule has 0 saturated carbocycles. The van der Waals surface area contributed by atoms with Crippen molar-refractivity contribution in [2.75, 3.05) is 7.11 Å². The minimum atomic E-state index is -1.05. The highest BCUT2D eigenvalue weighted by Gasteiger charge is 2.19. The van der Waals surface area contributed by atoms with Crippen LogP contribution in [-0.2, 0) is 14.0 Å². The molecule has 0 fully saturated rings. The Kier molecular flexibility index (Phi) is 7.04. The van der Waals surface area contributed by atoms with Crippen molar-refractivity contribution in [2.45, 2.75) is 25.3 Å². The van der Waals surface area contributed by atoms with E-state index in [2.05, 4.69) is 0 Å². The van der Waals surface area contributed by atoms with Gasteiger partial charge in [-0.15, -0.1) is 0 Å². The maximum Gasteiger partial charge on any atom is 0.307 e. The van der Waals surface area contributed by atoms with Crippen molar-refractivity contribution in [1.82, 2.24) is 0 Å². The largest absolute Gasteiger partial charge is 0.481 e. The Morgan fingerprint density at radius 2 is 2.07 bits per heavy atom. The quantitative estimate of drug-likeness (QED) is 0.447. The van der Waals surface area contributed by atoms with Crippen LogP contribution in [0.25, 0.3) is 0 Å². The second kappa shape index (κ2) is 7.51. The molecule has 0 aliphatic rings. The van der Waals surface area contributed by atoms with Gasteiger partial charge in [0.15, 0.2) is 9.76 Å². The predicted octanol–water partition coefficient (Wildman–Crippen LogP) is 0.0906. The lowest BCUT2D eigenvalue weighted by molar-refractivity contribution is -0.148. The molecular weight excluding hydrogens is 204 g/mol. The SMILES string of the molecule is CO[SiH2]CCCC(CC(=O)O)C(=O)O. The summed E-state index contributed by atoms with van der Waals surface area (Å²) in [5.74, 6) is -2.83. The summed E-state index contributed by atoms with van der Waals surface area (Å²) in [7, 11) is 1.12. The van der Waals surface area contributed by atoms with Crippen LogP contribution in [0.5, 0.6) is 0 Å². The lowest BCUT2D eigenvalue weighted by atomic mass is 10.0. The summed E-state index contributed by atoms with van der Waals surface area (Å²) >= 11 is 0. The average molecular weight is 220 g/mol. The van der Waals surface area contributed by atoms with Crippen molar-refractivity contribution in [2.24, 2.45) is 5.92 Å². The number of carboxylic acid groups (broad SMARTS) is 2. The molecule has 0 heterocycles. The molecule has 1 unspecified atom stereocenters. The van der Waals surface area contributed by atoms with Gasteiger partial charge in [0.25, 0.3) is 0 Å². The van der Waals surface area contributed by atoms with Crippen molar-refractivity contribution < 1.29 is 24.2 Å². The zero-order valence-electron chi connectivity index (χ0n) is 8.23. The Hall–Kier alpha value is -0.883. The summed E-state index contributed by atoms with van der Waals surface area (Å²) in [6, 6.07) is 0.903. The van der Waals surface area contributed by atoms with Crippen LogP contribution in [0.1, 0.15) is 19.3 Å². The first-order valence-corrected chi connectivity index (χ1v) is 6.09. The van der Waals surface area contributed by atoms with Gasteiger partial charge in [-0.2, -0.15) is 0 Å². The van der Waals surface area contributed by atoms with E-state index in [1.165, 1.54) is 0 Å². The first kappa shape index (κ1) is 13.1. The van der Waals surface area contributed by atoms with E-state index in [1.54, 1.807) is 7.11 Å². The fourth-order valence-electron chi connectivity index (χ4n) is 1.16. The molecule has 2 N–H and O–H groups in total. The maximum atomic E-state index is 10.6. The van der Waals surface area contributed by atoms with Crippen LogP contribution in [0, 0.1) is 5.92 Å². The van der Waals surface area contributed by atoms with E-state index in [0.717, 1.165) is 12.5 Å². The molecule has 0 aromatic rings. The fraction of sp³-hybridized carbons (Fsp3) is 0.750. The topological polar surface area (TPSA) is 83.8 Å². The molecule has 0 aromatic carbocycles. The first-order valence-electron chi connectivity index (χ1n) is 4.51. The van der Waals surface area contributed by atoms with E-state index >= 15 is 0 Å². The molecule has 0 aliphatic carbocycles. The molecule has 0 saturated heterocycles. The lowest BCUT2D eigenvalue weighted by Crippen LogP contribution is -2.17. The van der Waals surface area contributed by atoms with Gasteiger partial charge in [0.2, 0.25) is 0 Å². The number of carbonyl (C=O) groups is 2. The summed E-state index contributed by atoms with van der Waals surface area (Å²) in [5, 5.41) is 17.2. The third-order valence-electron chi connectivity index (χ3n) is 1.92. The highest BCUT2D eigenvalue weighted by Crippen LogP contribution is 2.13. The van der Waals surface area contributed by atoms with Gasteiger partial charge in [0.05, 0.1) is 12.3 Å². The van der Waals surface area contributed by atoms with Gasteiger partial charge in [0.1, 0.15) is 0 Å². The third-order valence-corrected chi connectivity index (χ3v) is 3.12. The molecule has 0 aromatic heterocycles. The van der Waals surface area contributed by atoms with E-state index in [0.29, 0.717) is 6.42 Å². The van der Waals surface area contributed by atoms with E-state index in [9.17, 15) is 9.59 Å². The van der Waals surface area contributed by atoms with E-state index in [-0.39, 0.29) is 6.42 Å². The Bertz CT molecular complexity index is 194. The van der Waals surface area contributed by atoms with Gasteiger partial charge in [-0.05, 0) is 12.5 Å². The number of hydrogen-bond acceptors (Lipinski definition) is 3. The highest BCUT2D eigenvalue weighted by molar-refractivity contribution is 6.26. The van der Waals surface area contributed by atoms with Gasteiger partial charge < -0.3 is 14.6 Å². The van der Waals surface area contributed by atoms with E-state index in [1.807, 2.05) is 0 Å². The van der Waals surface area contributed by atoms with Crippen LogP contribution in [0.15, 0.2) is 0 Å². The molecule has 0 bridgehead atoms. The molecule has 1 atom stereocenters. The maximum absolute atomic E-state index is 10.6. The minimum absolute atomic E-state index is 0.288. The zero-order chi connectivity index (χ0) is 11.0. The van der Waals surface area contributed by atoms with E-state index < -0.39 is 27.6 Å². The molecule has 14 heavy (non-hydrogen) atoms. The molecule has 0 spiro atoms. The molecule has 0 radical (unpaired) electrons. The van der Waals surface area contributed by atoms with Crippen LogP contribution in [0.2, 0.25) is 6.04 Å². The third kappa shape index (κ3) is 6.61. The number of aliphatic carboxylic acids is 2. The van der Waals surface area contributed by atoms with Crippen LogP contribution < -0.4 is 0 Å². The number of hydrogen-bond donors (Lipinski definition) is 2. The summed E-state index contributed by atoms with van der Waals surface area (Å²) in [6.07, 6.45) is 0.881. The second-order valence-electron chi connectivity index (χ2n) is 3.12. The summed E-state index contributed by atoms with van der Waals surface area (Å²) in [6.45, 7) is 0. The van der Waals surface area contributed by atoms with Crippen molar-refractivity contribution in [3.05, 3.63) is 0 Å². The molecule has 6 heteroatoms. The summed E-state index contributed by atoms with van der Waals surface area (Å²) in [4.78, 5) is 20.9. The Balaban J connectivity index is 3.74. The molecule has 0 rings (SSSR count).